The summed E-state index contributed by atoms with van der Waals surface area (Å²) in [5.41, 5.74) is 1.75. The fourth-order valence-electron chi connectivity index (χ4n) is 3.85. The minimum absolute atomic E-state index is 0.119. The summed E-state index contributed by atoms with van der Waals surface area (Å²) >= 11 is 0. The molecule has 6 nitrogen and oxygen atoms in total. The van der Waals surface area contributed by atoms with Crippen molar-refractivity contribution in [2.75, 3.05) is 19.8 Å². The number of benzene rings is 2. The minimum atomic E-state index is -0.584. The summed E-state index contributed by atoms with van der Waals surface area (Å²) < 4.78 is 24.6. The topological polar surface area (TPSA) is 67.9 Å². The van der Waals surface area contributed by atoms with Crippen LogP contribution in [0.15, 0.2) is 42.5 Å². The molecule has 0 aromatic heterocycles. The number of carbonyl (C=O) groups is 2. The van der Waals surface area contributed by atoms with Gasteiger partial charge in [-0.25, -0.2) is 4.39 Å². The molecular formula is C26H33FN2O4. The van der Waals surface area contributed by atoms with E-state index in [-0.39, 0.29) is 30.6 Å². The Bertz CT molecular complexity index is 932. The zero-order chi connectivity index (χ0) is 23.6. The van der Waals surface area contributed by atoms with Crippen molar-refractivity contribution in [1.29, 1.82) is 0 Å². The third kappa shape index (κ3) is 6.94. The first-order valence-corrected chi connectivity index (χ1v) is 11.7. The summed E-state index contributed by atoms with van der Waals surface area (Å²) in [4.78, 5) is 27.8. The molecule has 2 aromatic carbocycles. The third-order valence-corrected chi connectivity index (χ3v) is 5.72. The van der Waals surface area contributed by atoms with Crippen LogP contribution in [0.1, 0.15) is 50.7 Å². The molecule has 2 aromatic rings. The summed E-state index contributed by atoms with van der Waals surface area (Å²) in [5, 5.41) is 2.95. The molecular weight excluding hydrogens is 423 g/mol. The standard InChI is InChI=1S/C26H33FN2O4/c1-3-5-14-28-26(31)22(4-2)29(18-20-6-10-21(27)11-7-20)25(30)13-9-19-8-12-23-24(17-19)33-16-15-32-23/h6-8,10-12,17,22H,3-5,9,13-16,18H2,1-2H3,(H,28,31)/t22-/m1/s1. The predicted octanol–water partition coefficient (Wildman–Crippen LogP) is 4.25. The molecule has 1 N–H and O–H groups in total. The molecule has 0 aliphatic carbocycles. The van der Waals surface area contributed by atoms with Crippen LogP contribution in [0.2, 0.25) is 0 Å². The number of aryl methyl sites for hydroxylation is 1. The Labute approximate surface area is 195 Å². The summed E-state index contributed by atoms with van der Waals surface area (Å²) in [7, 11) is 0. The molecule has 1 atom stereocenters. The van der Waals surface area contributed by atoms with E-state index in [1.165, 1.54) is 12.1 Å². The lowest BCUT2D eigenvalue weighted by Crippen LogP contribution is -2.49. The van der Waals surface area contributed by atoms with E-state index in [1.54, 1.807) is 17.0 Å². The first-order chi connectivity index (χ1) is 16.0. The van der Waals surface area contributed by atoms with Gasteiger partial charge in [0.05, 0.1) is 0 Å². The van der Waals surface area contributed by atoms with E-state index in [4.69, 9.17) is 9.47 Å². The van der Waals surface area contributed by atoms with Gasteiger partial charge in [0.25, 0.3) is 0 Å². The lowest BCUT2D eigenvalue weighted by atomic mass is 10.1. The van der Waals surface area contributed by atoms with E-state index in [0.717, 1.165) is 24.0 Å². The normalized spacial score (nSPS) is 13.3. The zero-order valence-electron chi connectivity index (χ0n) is 19.4. The maximum atomic E-state index is 13.4. The molecule has 1 aliphatic heterocycles. The van der Waals surface area contributed by atoms with Gasteiger partial charge in [0.15, 0.2) is 11.5 Å². The van der Waals surface area contributed by atoms with Gasteiger partial charge in [-0.1, -0.05) is 38.5 Å². The van der Waals surface area contributed by atoms with Crippen LogP contribution < -0.4 is 14.8 Å². The van der Waals surface area contributed by atoms with Crippen molar-refractivity contribution in [1.82, 2.24) is 10.2 Å². The number of nitrogens with zero attached hydrogens (tertiary/aromatic N) is 1. The number of fused-ring (bicyclic) bond motifs is 1. The largest absolute Gasteiger partial charge is 0.486 e. The molecule has 1 aliphatic rings. The van der Waals surface area contributed by atoms with Crippen LogP contribution in [0.3, 0.4) is 0 Å². The van der Waals surface area contributed by atoms with Crippen molar-refractivity contribution in [2.24, 2.45) is 0 Å². The molecule has 0 unspecified atom stereocenters. The van der Waals surface area contributed by atoms with Gasteiger partial charge in [-0.15, -0.1) is 0 Å². The molecule has 1 heterocycles. The second-order valence-corrected chi connectivity index (χ2v) is 8.19. The summed E-state index contributed by atoms with van der Waals surface area (Å²) in [6, 6.07) is 11.2. The number of hydrogen-bond acceptors (Lipinski definition) is 4. The highest BCUT2D eigenvalue weighted by Gasteiger charge is 2.28. The van der Waals surface area contributed by atoms with Gasteiger partial charge in [0, 0.05) is 19.5 Å². The number of rotatable bonds is 11. The van der Waals surface area contributed by atoms with Crippen molar-refractivity contribution in [2.45, 2.75) is 58.5 Å². The van der Waals surface area contributed by atoms with Crippen LogP contribution in [-0.2, 0) is 22.6 Å². The first-order valence-electron chi connectivity index (χ1n) is 11.7. The smallest absolute Gasteiger partial charge is 0.242 e. The average molecular weight is 457 g/mol. The molecule has 0 saturated heterocycles. The van der Waals surface area contributed by atoms with Crippen LogP contribution in [0.4, 0.5) is 4.39 Å². The number of halogens is 1. The number of amides is 2. The molecule has 0 radical (unpaired) electrons. The monoisotopic (exact) mass is 456 g/mol. The number of ether oxygens (including phenoxy) is 2. The van der Waals surface area contributed by atoms with Gasteiger partial charge in [-0.05, 0) is 54.7 Å². The highest BCUT2D eigenvalue weighted by molar-refractivity contribution is 5.87. The van der Waals surface area contributed by atoms with Crippen LogP contribution in [0, 0.1) is 5.82 Å². The van der Waals surface area contributed by atoms with Crippen LogP contribution in [0.5, 0.6) is 11.5 Å². The Kier molecular flexibility index (Phi) is 9.10. The number of carbonyl (C=O) groups excluding carboxylic acids is 2. The van der Waals surface area contributed by atoms with E-state index in [2.05, 4.69) is 12.2 Å². The molecule has 0 saturated carbocycles. The van der Waals surface area contributed by atoms with Crippen molar-refractivity contribution < 1.29 is 23.5 Å². The van der Waals surface area contributed by atoms with Crippen LogP contribution in [0.25, 0.3) is 0 Å². The lowest BCUT2D eigenvalue weighted by Gasteiger charge is -2.31. The summed E-state index contributed by atoms with van der Waals surface area (Å²) in [6.07, 6.45) is 3.13. The van der Waals surface area contributed by atoms with Gasteiger partial charge < -0.3 is 19.7 Å². The molecule has 3 rings (SSSR count). The van der Waals surface area contributed by atoms with Gasteiger partial charge >= 0.3 is 0 Å². The molecule has 178 valence electrons. The molecule has 0 spiro atoms. The van der Waals surface area contributed by atoms with E-state index < -0.39 is 6.04 Å². The molecule has 2 amide bonds. The fraction of sp³-hybridized carbons (Fsp3) is 0.462. The quantitative estimate of drug-likeness (QED) is 0.513. The number of unbranched alkanes of at least 4 members (excludes halogenated alkanes) is 1. The molecule has 0 fully saturated rings. The minimum Gasteiger partial charge on any atom is -0.486 e. The second-order valence-electron chi connectivity index (χ2n) is 8.19. The van der Waals surface area contributed by atoms with E-state index >= 15 is 0 Å². The Hall–Kier alpha value is -3.09. The van der Waals surface area contributed by atoms with E-state index in [9.17, 15) is 14.0 Å². The summed E-state index contributed by atoms with van der Waals surface area (Å²) in [5.74, 6) is 0.798. The molecule has 33 heavy (non-hydrogen) atoms. The number of hydrogen-bond donors (Lipinski definition) is 1. The van der Waals surface area contributed by atoms with Crippen LogP contribution >= 0.6 is 0 Å². The van der Waals surface area contributed by atoms with Crippen molar-refractivity contribution >= 4 is 11.8 Å². The van der Waals surface area contributed by atoms with Crippen molar-refractivity contribution in [3.63, 3.8) is 0 Å². The van der Waals surface area contributed by atoms with E-state index in [0.29, 0.717) is 44.1 Å². The maximum absolute atomic E-state index is 13.4. The highest BCUT2D eigenvalue weighted by atomic mass is 19.1. The highest BCUT2D eigenvalue weighted by Crippen LogP contribution is 2.31. The van der Waals surface area contributed by atoms with Crippen LogP contribution in [-0.4, -0.2) is 42.5 Å². The fourth-order valence-corrected chi connectivity index (χ4v) is 3.85. The predicted molar refractivity (Wildman–Crippen MR) is 125 cm³/mol. The molecule has 7 heteroatoms. The molecule has 0 bridgehead atoms. The van der Waals surface area contributed by atoms with Crippen molar-refractivity contribution in [3.05, 3.63) is 59.4 Å². The second kappa shape index (κ2) is 12.2. The van der Waals surface area contributed by atoms with Gasteiger partial charge in [0.2, 0.25) is 11.8 Å². The van der Waals surface area contributed by atoms with Gasteiger partial charge in [-0.3, -0.25) is 9.59 Å². The maximum Gasteiger partial charge on any atom is 0.242 e. The number of nitrogens with one attached hydrogen (secondary N) is 1. The Morgan fingerprint density at radius 2 is 1.73 bits per heavy atom. The lowest BCUT2D eigenvalue weighted by molar-refractivity contribution is -0.141. The average Bonchev–Trinajstić information content (AvgIpc) is 2.83. The Balaban J connectivity index is 1.72. The Morgan fingerprint density at radius 1 is 1.03 bits per heavy atom. The first kappa shape index (κ1) is 24.6. The van der Waals surface area contributed by atoms with Gasteiger partial charge in [0.1, 0.15) is 25.1 Å². The summed E-state index contributed by atoms with van der Waals surface area (Å²) in [6.45, 7) is 5.83. The Morgan fingerprint density at radius 3 is 2.42 bits per heavy atom. The van der Waals surface area contributed by atoms with Gasteiger partial charge in [-0.2, -0.15) is 0 Å². The van der Waals surface area contributed by atoms with E-state index in [1.807, 2.05) is 25.1 Å². The van der Waals surface area contributed by atoms with Crippen molar-refractivity contribution in [3.8, 4) is 11.5 Å². The third-order valence-electron chi connectivity index (χ3n) is 5.72. The zero-order valence-corrected chi connectivity index (χ0v) is 19.4. The SMILES string of the molecule is CCCCNC(=O)[C@@H](CC)N(Cc1ccc(F)cc1)C(=O)CCc1ccc2c(c1)OCCO2.